The molecule has 3 nitrogen and oxygen atoms in total. The Balaban J connectivity index is 3.25. The first-order chi connectivity index (χ1) is 5.15. The van der Waals surface area contributed by atoms with E-state index in [0.717, 1.165) is 0 Å². The average Bonchev–Trinajstić information content (AvgIpc) is 1.85. The van der Waals surface area contributed by atoms with Gasteiger partial charge in [0.25, 0.3) is 0 Å². The summed E-state index contributed by atoms with van der Waals surface area (Å²) in [6, 6.07) is 0. The summed E-state index contributed by atoms with van der Waals surface area (Å²) in [7, 11) is 0. The van der Waals surface area contributed by atoms with E-state index in [-0.39, 0.29) is 16.3 Å². The zero-order valence-electron chi connectivity index (χ0n) is 5.80. The molecule has 0 bridgehead atoms. The van der Waals surface area contributed by atoms with E-state index in [2.05, 4.69) is 9.97 Å². The predicted octanol–water partition coefficient (Wildman–Crippen LogP) is 2.05. The van der Waals surface area contributed by atoms with Gasteiger partial charge in [-0.3, -0.25) is 0 Å². The summed E-state index contributed by atoms with van der Waals surface area (Å²) in [6.07, 6.45) is 0.585. The summed E-state index contributed by atoms with van der Waals surface area (Å²) in [4.78, 5) is 7.20. The molecule has 1 aromatic rings. The highest BCUT2D eigenvalue weighted by molar-refractivity contribution is 6.32. The van der Waals surface area contributed by atoms with E-state index in [0.29, 0.717) is 12.0 Å². The quantitative estimate of drug-likeness (QED) is 0.548. The summed E-state index contributed by atoms with van der Waals surface area (Å²) in [5.74, 6) is -0.141. The van der Waals surface area contributed by atoms with Gasteiger partial charge in [-0.25, -0.2) is 4.98 Å². The molecule has 0 aromatic carbocycles. The lowest BCUT2D eigenvalue weighted by molar-refractivity contribution is 0.445. The second kappa shape index (κ2) is 3.24. The average molecular weight is 193 g/mol. The van der Waals surface area contributed by atoms with Gasteiger partial charge in [0.15, 0.2) is 0 Å². The van der Waals surface area contributed by atoms with Gasteiger partial charge in [0.2, 0.25) is 11.2 Å². The molecule has 60 valence electrons. The van der Waals surface area contributed by atoms with Crippen LogP contribution >= 0.6 is 23.2 Å². The number of hydrogen-bond acceptors (Lipinski definition) is 3. The Bertz CT molecular complexity index is 254. The van der Waals surface area contributed by atoms with E-state index >= 15 is 0 Å². The summed E-state index contributed by atoms with van der Waals surface area (Å²) >= 11 is 11.1. The lowest BCUT2D eigenvalue weighted by Gasteiger charge is -2.01. The smallest absolute Gasteiger partial charge is 0.227 e. The van der Waals surface area contributed by atoms with Crippen molar-refractivity contribution in [2.45, 2.75) is 13.3 Å². The van der Waals surface area contributed by atoms with Crippen LogP contribution in [0.25, 0.3) is 0 Å². The second-order valence-electron chi connectivity index (χ2n) is 1.94. The Labute approximate surface area is 74.0 Å². The zero-order chi connectivity index (χ0) is 8.43. The molecule has 0 aliphatic rings. The Morgan fingerprint density at radius 1 is 1.36 bits per heavy atom. The van der Waals surface area contributed by atoms with Gasteiger partial charge in [0.1, 0.15) is 5.15 Å². The maximum atomic E-state index is 9.15. The van der Waals surface area contributed by atoms with Crippen LogP contribution in [0.5, 0.6) is 5.88 Å². The topological polar surface area (TPSA) is 46.0 Å². The molecule has 1 heterocycles. The molecule has 1 N–H and O–H groups in total. The third-order valence-corrected chi connectivity index (χ3v) is 1.74. The third-order valence-electron chi connectivity index (χ3n) is 1.26. The second-order valence-corrected chi connectivity index (χ2v) is 2.64. The SMILES string of the molecule is CCc1c(O)nc(Cl)nc1Cl. The Hall–Kier alpha value is -0.540. The summed E-state index contributed by atoms with van der Waals surface area (Å²) in [5.41, 5.74) is 0.524. The first-order valence-corrected chi connectivity index (χ1v) is 3.81. The molecule has 0 saturated heterocycles. The molecule has 1 aromatic heterocycles. The predicted molar refractivity (Wildman–Crippen MR) is 43.1 cm³/mol. The third kappa shape index (κ3) is 1.73. The van der Waals surface area contributed by atoms with E-state index in [4.69, 9.17) is 28.3 Å². The van der Waals surface area contributed by atoms with Crippen LogP contribution in [-0.4, -0.2) is 15.1 Å². The summed E-state index contributed by atoms with van der Waals surface area (Å²) in [5, 5.41) is 9.33. The highest BCUT2D eigenvalue weighted by Gasteiger charge is 2.08. The van der Waals surface area contributed by atoms with E-state index in [1.54, 1.807) is 0 Å². The fourth-order valence-corrected chi connectivity index (χ4v) is 1.23. The maximum Gasteiger partial charge on any atom is 0.227 e. The maximum absolute atomic E-state index is 9.15. The van der Waals surface area contributed by atoms with Crippen molar-refractivity contribution in [3.8, 4) is 5.88 Å². The van der Waals surface area contributed by atoms with Crippen LogP contribution in [0.1, 0.15) is 12.5 Å². The fraction of sp³-hybridized carbons (Fsp3) is 0.333. The van der Waals surface area contributed by atoms with Gasteiger partial charge < -0.3 is 5.11 Å². The number of aromatic hydroxyl groups is 1. The van der Waals surface area contributed by atoms with Crippen molar-refractivity contribution < 1.29 is 5.11 Å². The number of halogens is 2. The van der Waals surface area contributed by atoms with Gasteiger partial charge in [0, 0.05) is 0 Å². The van der Waals surface area contributed by atoms with Gasteiger partial charge in [-0.1, -0.05) is 18.5 Å². The molecule has 11 heavy (non-hydrogen) atoms. The molecule has 5 heteroatoms. The lowest BCUT2D eigenvalue weighted by Crippen LogP contribution is -1.91. The van der Waals surface area contributed by atoms with Crippen LogP contribution in [0.4, 0.5) is 0 Å². The van der Waals surface area contributed by atoms with Crippen molar-refractivity contribution in [3.05, 3.63) is 16.0 Å². The molecule has 0 fully saturated rings. The van der Waals surface area contributed by atoms with Crippen LogP contribution in [0.15, 0.2) is 0 Å². The molecule has 0 amide bonds. The van der Waals surface area contributed by atoms with Crippen LogP contribution in [0.2, 0.25) is 10.4 Å². The molecule has 0 aliphatic carbocycles. The molecule has 0 aliphatic heterocycles. The van der Waals surface area contributed by atoms with Gasteiger partial charge in [-0.2, -0.15) is 4.98 Å². The largest absolute Gasteiger partial charge is 0.493 e. The number of hydrogen-bond donors (Lipinski definition) is 1. The van der Waals surface area contributed by atoms with Crippen molar-refractivity contribution >= 4 is 23.2 Å². The van der Waals surface area contributed by atoms with Gasteiger partial charge >= 0.3 is 0 Å². The summed E-state index contributed by atoms with van der Waals surface area (Å²) in [6.45, 7) is 1.85. The molecule has 0 unspecified atom stereocenters. The van der Waals surface area contributed by atoms with Crippen molar-refractivity contribution in [1.82, 2.24) is 9.97 Å². The molecular weight excluding hydrogens is 187 g/mol. The minimum atomic E-state index is -0.141. The van der Waals surface area contributed by atoms with Crippen LogP contribution < -0.4 is 0 Å². The first-order valence-electron chi connectivity index (χ1n) is 3.06. The molecule has 1 rings (SSSR count). The van der Waals surface area contributed by atoms with Gasteiger partial charge in [0.05, 0.1) is 5.56 Å². The molecule has 0 atom stereocenters. The van der Waals surface area contributed by atoms with E-state index in [9.17, 15) is 0 Å². The fourth-order valence-electron chi connectivity index (χ4n) is 0.725. The molecular formula is C6H6Cl2N2O. The minimum absolute atomic E-state index is 0.0373. The highest BCUT2D eigenvalue weighted by atomic mass is 35.5. The zero-order valence-corrected chi connectivity index (χ0v) is 7.32. The number of aromatic nitrogens is 2. The monoisotopic (exact) mass is 192 g/mol. The van der Waals surface area contributed by atoms with E-state index in [1.165, 1.54) is 0 Å². The Morgan fingerprint density at radius 3 is 2.45 bits per heavy atom. The van der Waals surface area contributed by atoms with E-state index in [1.807, 2.05) is 6.92 Å². The van der Waals surface area contributed by atoms with Crippen molar-refractivity contribution in [2.24, 2.45) is 0 Å². The molecule has 0 radical (unpaired) electrons. The van der Waals surface area contributed by atoms with Crippen LogP contribution in [-0.2, 0) is 6.42 Å². The molecule has 0 spiro atoms. The minimum Gasteiger partial charge on any atom is -0.493 e. The van der Waals surface area contributed by atoms with Crippen LogP contribution in [0, 0.1) is 0 Å². The molecule has 0 saturated carbocycles. The number of rotatable bonds is 1. The summed E-state index contributed by atoms with van der Waals surface area (Å²) < 4.78 is 0. The van der Waals surface area contributed by atoms with Crippen molar-refractivity contribution in [2.75, 3.05) is 0 Å². The van der Waals surface area contributed by atoms with E-state index < -0.39 is 0 Å². The van der Waals surface area contributed by atoms with Crippen molar-refractivity contribution in [3.63, 3.8) is 0 Å². The highest BCUT2D eigenvalue weighted by Crippen LogP contribution is 2.23. The standard InChI is InChI=1S/C6H6Cl2N2O/c1-2-3-4(7)9-6(8)10-5(3)11/h2H2,1H3,(H,9,10,11). The van der Waals surface area contributed by atoms with Crippen LogP contribution in [0.3, 0.4) is 0 Å². The van der Waals surface area contributed by atoms with Gasteiger partial charge in [-0.05, 0) is 18.0 Å². The van der Waals surface area contributed by atoms with Crippen molar-refractivity contribution in [1.29, 1.82) is 0 Å². The lowest BCUT2D eigenvalue weighted by atomic mass is 10.2. The Kier molecular flexibility index (Phi) is 2.52. The van der Waals surface area contributed by atoms with Gasteiger partial charge in [-0.15, -0.1) is 0 Å². The number of nitrogens with zero attached hydrogens (tertiary/aromatic N) is 2. The first kappa shape index (κ1) is 8.56. The Morgan fingerprint density at radius 2 is 2.00 bits per heavy atom. The normalized spacial score (nSPS) is 10.1.